The Kier molecular flexibility index (Phi) is 4.09. The van der Waals surface area contributed by atoms with Crippen LogP contribution in [0.2, 0.25) is 0 Å². The van der Waals surface area contributed by atoms with Crippen molar-refractivity contribution < 1.29 is 9.26 Å². The first-order chi connectivity index (χ1) is 9.36. The summed E-state index contributed by atoms with van der Waals surface area (Å²) in [6.07, 6.45) is 0. The molecule has 2 aromatic rings. The van der Waals surface area contributed by atoms with E-state index in [2.05, 4.69) is 30.1 Å². The first-order valence-corrected chi connectivity index (χ1v) is 6.71. The van der Waals surface area contributed by atoms with Crippen LogP contribution in [0.1, 0.15) is 50.9 Å². The van der Waals surface area contributed by atoms with E-state index < -0.39 is 5.54 Å². The van der Waals surface area contributed by atoms with Crippen LogP contribution in [0.3, 0.4) is 0 Å². The highest BCUT2D eigenvalue weighted by Gasteiger charge is 2.21. The number of rotatable bonds is 5. The van der Waals surface area contributed by atoms with Gasteiger partial charge in [-0.05, 0) is 37.5 Å². The molecule has 1 heterocycles. The molecule has 0 bridgehead atoms. The van der Waals surface area contributed by atoms with Crippen molar-refractivity contribution in [2.45, 2.75) is 45.8 Å². The minimum Gasteiger partial charge on any atom is -0.484 e. The van der Waals surface area contributed by atoms with Crippen molar-refractivity contribution in [3.63, 3.8) is 0 Å². The molecule has 108 valence electrons. The van der Waals surface area contributed by atoms with E-state index in [1.165, 1.54) is 5.56 Å². The molecule has 5 heteroatoms. The Morgan fingerprint density at radius 2 is 2.10 bits per heavy atom. The highest BCUT2D eigenvalue weighted by atomic mass is 16.5. The van der Waals surface area contributed by atoms with E-state index >= 15 is 0 Å². The molecule has 0 fully saturated rings. The third-order valence-corrected chi connectivity index (χ3v) is 2.93. The second-order valence-corrected chi connectivity index (χ2v) is 5.75. The summed E-state index contributed by atoms with van der Waals surface area (Å²) in [7, 11) is 0. The molecule has 0 amide bonds. The molecule has 2 N–H and O–H groups in total. The maximum atomic E-state index is 5.90. The van der Waals surface area contributed by atoms with Crippen LogP contribution in [-0.4, -0.2) is 10.1 Å². The van der Waals surface area contributed by atoms with Crippen LogP contribution in [0.4, 0.5) is 0 Å². The van der Waals surface area contributed by atoms with E-state index in [1.807, 2.05) is 32.0 Å². The van der Waals surface area contributed by atoms with Crippen LogP contribution in [0, 0.1) is 0 Å². The second-order valence-electron chi connectivity index (χ2n) is 5.75. The topological polar surface area (TPSA) is 74.2 Å². The summed E-state index contributed by atoms with van der Waals surface area (Å²) in [5, 5.41) is 3.85. The monoisotopic (exact) mass is 275 g/mol. The zero-order chi connectivity index (χ0) is 14.8. The summed E-state index contributed by atoms with van der Waals surface area (Å²) >= 11 is 0. The number of aromatic nitrogens is 2. The summed E-state index contributed by atoms with van der Waals surface area (Å²) in [6.45, 7) is 8.19. The van der Waals surface area contributed by atoms with Gasteiger partial charge in [0.2, 0.25) is 0 Å². The first-order valence-electron chi connectivity index (χ1n) is 6.71. The van der Waals surface area contributed by atoms with Crippen molar-refractivity contribution in [3.05, 3.63) is 41.5 Å². The molecule has 2 rings (SSSR count). The number of nitrogens with zero attached hydrogens (tertiary/aromatic N) is 2. The average molecular weight is 275 g/mol. The van der Waals surface area contributed by atoms with Crippen LogP contribution >= 0.6 is 0 Å². The van der Waals surface area contributed by atoms with Crippen molar-refractivity contribution >= 4 is 0 Å². The smallest absolute Gasteiger partial charge is 0.264 e. The summed E-state index contributed by atoms with van der Waals surface area (Å²) in [5.41, 5.74) is 6.53. The maximum Gasteiger partial charge on any atom is 0.264 e. The lowest BCUT2D eigenvalue weighted by atomic mass is 10.0. The van der Waals surface area contributed by atoms with Crippen molar-refractivity contribution in [2.24, 2.45) is 5.73 Å². The number of benzene rings is 1. The third kappa shape index (κ3) is 3.57. The average Bonchev–Trinajstić information content (AvgIpc) is 2.85. The van der Waals surface area contributed by atoms with Gasteiger partial charge in [-0.15, -0.1) is 0 Å². The van der Waals surface area contributed by atoms with Crippen LogP contribution in [0.5, 0.6) is 5.75 Å². The van der Waals surface area contributed by atoms with Gasteiger partial charge in [0.1, 0.15) is 5.75 Å². The van der Waals surface area contributed by atoms with Gasteiger partial charge < -0.3 is 15.0 Å². The Morgan fingerprint density at radius 1 is 1.35 bits per heavy atom. The normalized spacial score (nSPS) is 11.9. The Balaban J connectivity index is 2.02. The van der Waals surface area contributed by atoms with Crippen LogP contribution in [0.25, 0.3) is 0 Å². The first kappa shape index (κ1) is 14.5. The van der Waals surface area contributed by atoms with Gasteiger partial charge in [0.15, 0.2) is 12.4 Å². The molecule has 0 aliphatic carbocycles. The third-order valence-electron chi connectivity index (χ3n) is 2.93. The molecule has 0 unspecified atom stereocenters. The zero-order valence-electron chi connectivity index (χ0n) is 12.4. The zero-order valence-corrected chi connectivity index (χ0v) is 12.4. The summed E-state index contributed by atoms with van der Waals surface area (Å²) in [5.74, 6) is 2.16. The van der Waals surface area contributed by atoms with E-state index in [-0.39, 0.29) is 6.61 Å². The summed E-state index contributed by atoms with van der Waals surface area (Å²) in [4.78, 5) is 4.23. The van der Waals surface area contributed by atoms with Crippen molar-refractivity contribution in [1.29, 1.82) is 0 Å². The predicted molar refractivity (Wildman–Crippen MR) is 76.4 cm³/mol. The van der Waals surface area contributed by atoms with Gasteiger partial charge in [0.05, 0.1) is 5.54 Å². The Labute approximate surface area is 119 Å². The van der Waals surface area contributed by atoms with E-state index in [9.17, 15) is 0 Å². The molecular weight excluding hydrogens is 254 g/mol. The lowest BCUT2D eigenvalue weighted by Crippen LogP contribution is -2.30. The number of ether oxygens (including phenoxy) is 1. The molecule has 0 saturated carbocycles. The largest absolute Gasteiger partial charge is 0.484 e. The van der Waals surface area contributed by atoms with Gasteiger partial charge in [-0.3, -0.25) is 0 Å². The van der Waals surface area contributed by atoms with Gasteiger partial charge in [-0.1, -0.05) is 31.1 Å². The fraction of sp³-hybridized carbons (Fsp3) is 0.467. The quantitative estimate of drug-likeness (QED) is 0.908. The molecule has 1 aromatic carbocycles. The molecular formula is C15H21N3O2. The Bertz CT molecular complexity index is 570. The standard InChI is InChI=1S/C15H21N3O2/c1-10(2)11-6-5-7-12(8-11)19-9-13-17-14(18-20-13)15(3,4)16/h5-8,10H,9,16H2,1-4H3. The minimum absolute atomic E-state index is 0.241. The predicted octanol–water partition coefficient (Wildman–Crippen LogP) is 2.97. The Hall–Kier alpha value is -1.88. The van der Waals surface area contributed by atoms with Crippen LogP contribution in [0.15, 0.2) is 28.8 Å². The molecule has 0 aliphatic rings. The van der Waals surface area contributed by atoms with E-state index in [4.69, 9.17) is 15.0 Å². The molecule has 0 spiro atoms. The van der Waals surface area contributed by atoms with Gasteiger partial charge in [0.25, 0.3) is 5.89 Å². The number of hydrogen-bond donors (Lipinski definition) is 1. The lowest BCUT2D eigenvalue weighted by Gasteiger charge is -2.11. The minimum atomic E-state index is -0.612. The van der Waals surface area contributed by atoms with E-state index in [0.29, 0.717) is 17.6 Å². The van der Waals surface area contributed by atoms with Gasteiger partial charge in [-0.2, -0.15) is 4.98 Å². The van der Waals surface area contributed by atoms with E-state index in [1.54, 1.807) is 0 Å². The fourth-order valence-electron chi connectivity index (χ4n) is 1.68. The highest BCUT2D eigenvalue weighted by molar-refractivity contribution is 5.30. The Morgan fingerprint density at radius 3 is 2.70 bits per heavy atom. The molecule has 0 saturated heterocycles. The van der Waals surface area contributed by atoms with Gasteiger partial charge in [-0.25, -0.2) is 0 Å². The number of nitrogens with two attached hydrogens (primary N) is 1. The summed E-state index contributed by atoms with van der Waals surface area (Å²) < 4.78 is 10.8. The van der Waals surface area contributed by atoms with Crippen LogP contribution < -0.4 is 10.5 Å². The van der Waals surface area contributed by atoms with E-state index in [0.717, 1.165) is 5.75 Å². The summed E-state index contributed by atoms with van der Waals surface area (Å²) in [6, 6.07) is 8.00. The number of hydrogen-bond acceptors (Lipinski definition) is 5. The molecule has 20 heavy (non-hydrogen) atoms. The SMILES string of the molecule is CC(C)c1cccc(OCc2nc(C(C)(C)N)no2)c1. The molecule has 0 radical (unpaired) electrons. The van der Waals surface area contributed by atoms with Crippen molar-refractivity contribution in [1.82, 2.24) is 10.1 Å². The molecule has 0 atom stereocenters. The van der Waals surface area contributed by atoms with Crippen molar-refractivity contribution in [3.8, 4) is 5.75 Å². The second kappa shape index (κ2) is 5.63. The van der Waals surface area contributed by atoms with Crippen molar-refractivity contribution in [2.75, 3.05) is 0 Å². The fourth-order valence-corrected chi connectivity index (χ4v) is 1.68. The van der Waals surface area contributed by atoms with Gasteiger partial charge in [0, 0.05) is 0 Å². The molecule has 1 aromatic heterocycles. The molecule has 0 aliphatic heterocycles. The highest BCUT2D eigenvalue weighted by Crippen LogP contribution is 2.21. The molecule has 5 nitrogen and oxygen atoms in total. The lowest BCUT2D eigenvalue weighted by molar-refractivity contribution is 0.241. The van der Waals surface area contributed by atoms with Gasteiger partial charge >= 0.3 is 0 Å². The maximum absolute atomic E-state index is 5.90. The van der Waals surface area contributed by atoms with Crippen LogP contribution in [-0.2, 0) is 12.1 Å².